The molecule has 3 aromatic carbocycles. The van der Waals surface area contributed by atoms with Gasteiger partial charge >= 0.3 is 0 Å². The zero-order valence-corrected chi connectivity index (χ0v) is 17.8. The predicted octanol–water partition coefficient (Wildman–Crippen LogP) is 4.42. The van der Waals surface area contributed by atoms with Crippen LogP contribution in [0.15, 0.2) is 77.7 Å². The third-order valence-corrected chi connectivity index (χ3v) is 6.49. The topological polar surface area (TPSA) is 66.8 Å². The van der Waals surface area contributed by atoms with Crippen LogP contribution in [0.5, 0.6) is 5.75 Å². The van der Waals surface area contributed by atoms with Gasteiger partial charge in [0.2, 0.25) is 0 Å². The lowest BCUT2D eigenvalue weighted by atomic mass is 10.2. The van der Waals surface area contributed by atoms with Crippen LogP contribution >= 0.6 is 11.6 Å². The Morgan fingerprint density at radius 3 is 2.30 bits per heavy atom. The molecule has 5 nitrogen and oxygen atoms in total. The maximum atomic E-state index is 13.4. The summed E-state index contributed by atoms with van der Waals surface area (Å²) in [4.78, 5) is 0.0663. The lowest BCUT2D eigenvalue weighted by molar-refractivity contribution is 0.115. The molecular weight excluding hydrogens is 429 g/mol. The molecule has 0 heterocycles. The van der Waals surface area contributed by atoms with Crippen molar-refractivity contribution in [3.05, 3.63) is 89.2 Å². The van der Waals surface area contributed by atoms with Gasteiger partial charge in [0, 0.05) is 0 Å². The molecule has 0 fully saturated rings. The van der Waals surface area contributed by atoms with E-state index < -0.39 is 21.9 Å². The molecular formula is C22H21ClFNO4S. The highest BCUT2D eigenvalue weighted by Gasteiger charge is 2.27. The second-order valence-corrected chi connectivity index (χ2v) is 8.99. The van der Waals surface area contributed by atoms with Gasteiger partial charge in [-0.25, -0.2) is 12.8 Å². The highest BCUT2D eigenvalue weighted by atomic mass is 35.5. The van der Waals surface area contributed by atoms with Crippen LogP contribution in [-0.2, 0) is 10.0 Å². The fraction of sp³-hybridized carbons (Fsp3) is 0.182. The summed E-state index contributed by atoms with van der Waals surface area (Å²) in [5, 5.41) is 10.9. The molecule has 158 valence electrons. The third kappa shape index (κ3) is 5.30. The minimum atomic E-state index is -4.00. The Hall–Kier alpha value is -2.61. The van der Waals surface area contributed by atoms with E-state index in [-0.39, 0.29) is 23.7 Å². The molecule has 0 aliphatic rings. The number of halogens is 2. The van der Waals surface area contributed by atoms with Crippen LogP contribution in [0.2, 0.25) is 5.02 Å². The van der Waals surface area contributed by atoms with E-state index in [1.807, 2.05) is 6.92 Å². The molecule has 3 rings (SSSR count). The molecule has 1 N–H and O–H groups in total. The van der Waals surface area contributed by atoms with Gasteiger partial charge in [-0.2, -0.15) is 0 Å². The molecule has 0 spiro atoms. The molecule has 30 heavy (non-hydrogen) atoms. The summed E-state index contributed by atoms with van der Waals surface area (Å²) in [5.74, 6) is -0.109. The number of rotatable bonds is 8. The number of hydrogen-bond donors (Lipinski definition) is 1. The Bertz CT molecular complexity index is 1090. The van der Waals surface area contributed by atoms with Crippen molar-refractivity contribution >= 4 is 27.3 Å². The summed E-state index contributed by atoms with van der Waals surface area (Å²) < 4.78 is 46.4. The minimum Gasteiger partial charge on any atom is -0.489 e. The fourth-order valence-corrected chi connectivity index (χ4v) is 4.47. The van der Waals surface area contributed by atoms with Crippen molar-refractivity contribution < 1.29 is 22.7 Å². The molecule has 8 heteroatoms. The van der Waals surface area contributed by atoms with Crippen LogP contribution in [0.25, 0.3) is 0 Å². The van der Waals surface area contributed by atoms with Gasteiger partial charge in [0.15, 0.2) is 0 Å². The van der Waals surface area contributed by atoms with Crippen molar-refractivity contribution in [3.8, 4) is 5.75 Å². The van der Waals surface area contributed by atoms with Crippen molar-refractivity contribution in [3.63, 3.8) is 0 Å². The lowest BCUT2D eigenvalue weighted by Crippen LogP contribution is -2.40. The Morgan fingerprint density at radius 2 is 1.67 bits per heavy atom. The second-order valence-electron chi connectivity index (χ2n) is 6.72. The minimum absolute atomic E-state index is 0.0663. The van der Waals surface area contributed by atoms with Gasteiger partial charge < -0.3 is 9.84 Å². The number of aliphatic hydroxyl groups excluding tert-OH is 1. The first-order valence-corrected chi connectivity index (χ1v) is 11.0. The highest BCUT2D eigenvalue weighted by molar-refractivity contribution is 7.92. The largest absolute Gasteiger partial charge is 0.489 e. The van der Waals surface area contributed by atoms with Crippen LogP contribution in [0.1, 0.15) is 5.56 Å². The molecule has 0 aromatic heterocycles. The van der Waals surface area contributed by atoms with Crippen LogP contribution in [0, 0.1) is 12.7 Å². The Morgan fingerprint density at radius 1 is 1.03 bits per heavy atom. The van der Waals surface area contributed by atoms with Gasteiger partial charge in [-0.3, -0.25) is 4.31 Å². The van der Waals surface area contributed by atoms with Gasteiger partial charge in [-0.15, -0.1) is 0 Å². The van der Waals surface area contributed by atoms with Crippen LogP contribution in [0.3, 0.4) is 0 Å². The monoisotopic (exact) mass is 449 g/mol. The van der Waals surface area contributed by atoms with Crippen LogP contribution in [0.4, 0.5) is 10.1 Å². The van der Waals surface area contributed by atoms with Crippen LogP contribution in [-0.4, -0.2) is 32.8 Å². The summed E-state index contributed by atoms with van der Waals surface area (Å²) in [6.45, 7) is 1.39. The summed E-state index contributed by atoms with van der Waals surface area (Å²) >= 11 is 6.04. The van der Waals surface area contributed by atoms with E-state index in [0.29, 0.717) is 10.8 Å². The van der Waals surface area contributed by atoms with Gasteiger partial charge in [0.25, 0.3) is 10.0 Å². The molecule has 0 unspecified atom stereocenters. The number of benzene rings is 3. The SMILES string of the molecule is Cc1ccc(S(=O)(=O)N(C[C@H](O)COc2ccccc2Cl)c2ccc(F)cc2)cc1. The zero-order valence-electron chi connectivity index (χ0n) is 16.2. The van der Waals surface area contributed by atoms with Crippen LogP contribution < -0.4 is 9.04 Å². The van der Waals surface area contributed by atoms with E-state index in [2.05, 4.69) is 0 Å². The van der Waals surface area contributed by atoms with Crippen molar-refractivity contribution in [2.24, 2.45) is 0 Å². The molecule has 0 radical (unpaired) electrons. The number of para-hydroxylation sites is 1. The maximum Gasteiger partial charge on any atom is 0.264 e. The molecule has 0 amide bonds. The van der Waals surface area contributed by atoms with Crippen molar-refractivity contribution in [2.45, 2.75) is 17.9 Å². The summed E-state index contributed by atoms with van der Waals surface area (Å²) in [6.07, 6.45) is -1.16. The summed E-state index contributed by atoms with van der Waals surface area (Å²) in [6, 6.07) is 18.2. The summed E-state index contributed by atoms with van der Waals surface area (Å²) in [5.41, 5.74) is 1.14. The smallest absolute Gasteiger partial charge is 0.264 e. The Labute approximate surface area is 180 Å². The fourth-order valence-electron chi connectivity index (χ4n) is 2.78. The number of aliphatic hydroxyl groups is 1. The normalized spacial score (nSPS) is 12.4. The van der Waals surface area contributed by atoms with E-state index in [9.17, 15) is 17.9 Å². The Kier molecular flexibility index (Phi) is 6.97. The van der Waals surface area contributed by atoms with Crippen molar-refractivity contribution in [1.29, 1.82) is 0 Å². The van der Waals surface area contributed by atoms with Gasteiger partial charge in [-0.05, 0) is 55.5 Å². The first kappa shape index (κ1) is 22.1. The van der Waals surface area contributed by atoms with Gasteiger partial charge in [0.1, 0.15) is 24.3 Å². The van der Waals surface area contributed by atoms with Crippen molar-refractivity contribution in [1.82, 2.24) is 0 Å². The molecule has 0 saturated heterocycles. The predicted molar refractivity (Wildman–Crippen MR) is 115 cm³/mol. The third-order valence-electron chi connectivity index (χ3n) is 4.37. The average molecular weight is 450 g/mol. The van der Waals surface area contributed by atoms with Gasteiger partial charge in [0.05, 0.1) is 22.2 Å². The molecule has 3 aromatic rings. The van der Waals surface area contributed by atoms with E-state index in [0.717, 1.165) is 9.87 Å². The number of sulfonamides is 1. The number of nitrogens with zero attached hydrogens (tertiary/aromatic N) is 1. The number of aryl methyl sites for hydroxylation is 1. The standard InChI is InChI=1S/C22H21ClFNO4S/c1-16-6-12-20(13-7-16)30(27,28)25(18-10-8-17(24)9-11-18)14-19(26)15-29-22-5-3-2-4-21(22)23/h2-13,19,26H,14-15H2,1H3/t19-/m0/s1. The molecule has 0 bridgehead atoms. The Balaban J connectivity index is 1.85. The number of ether oxygens (including phenoxy) is 1. The van der Waals surface area contributed by atoms with E-state index in [1.165, 1.54) is 36.4 Å². The van der Waals surface area contributed by atoms with E-state index in [1.54, 1.807) is 36.4 Å². The zero-order chi connectivity index (χ0) is 21.7. The second kappa shape index (κ2) is 9.47. The van der Waals surface area contributed by atoms with E-state index >= 15 is 0 Å². The molecule has 0 aliphatic carbocycles. The molecule has 1 atom stereocenters. The first-order chi connectivity index (χ1) is 14.3. The van der Waals surface area contributed by atoms with E-state index in [4.69, 9.17) is 16.3 Å². The molecule has 0 saturated carbocycles. The quantitative estimate of drug-likeness (QED) is 0.552. The lowest BCUT2D eigenvalue weighted by Gasteiger charge is -2.27. The number of hydrogen-bond acceptors (Lipinski definition) is 4. The van der Waals surface area contributed by atoms with Gasteiger partial charge in [-0.1, -0.05) is 41.4 Å². The maximum absolute atomic E-state index is 13.4. The average Bonchev–Trinajstić information content (AvgIpc) is 2.72. The molecule has 0 aliphatic heterocycles. The van der Waals surface area contributed by atoms with Crippen molar-refractivity contribution in [2.75, 3.05) is 17.5 Å². The number of anilines is 1. The summed E-state index contributed by atoms with van der Waals surface area (Å²) in [7, 11) is -4.00. The highest BCUT2D eigenvalue weighted by Crippen LogP contribution is 2.26. The first-order valence-electron chi connectivity index (χ1n) is 9.18.